The fraction of sp³-hybridized carbons (Fsp3) is 0.133. The van der Waals surface area contributed by atoms with Crippen LogP contribution in [0, 0.1) is 0 Å². The van der Waals surface area contributed by atoms with Crippen molar-refractivity contribution >= 4 is 34.1 Å². The van der Waals surface area contributed by atoms with Crippen LogP contribution in [-0.4, -0.2) is 16.6 Å². The third kappa shape index (κ3) is 3.95. The van der Waals surface area contributed by atoms with E-state index in [0.717, 1.165) is 62.9 Å². The molecule has 1 aliphatic rings. The second-order valence-corrected chi connectivity index (χ2v) is 9.48. The number of aromatic nitrogens is 2. The van der Waals surface area contributed by atoms with E-state index in [1.807, 2.05) is 49.4 Å². The summed E-state index contributed by atoms with van der Waals surface area (Å²) in [4.78, 5) is 10.1. The Morgan fingerprint density at radius 3 is 2.31 bits per heavy atom. The first-order chi connectivity index (χ1) is 17.1. The van der Waals surface area contributed by atoms with E-state index in [1.54, 1.807) is 0 Å². The molecule has 5 heteroatoms. The molecular weight excluding hydrogens is 475 g/mol. The zero-order chi connectivity index (χ0) is 23.9. The van der Waals surface area contributed by atoms with E-state index in [-0.39, 0.29) is 0 Å². The summed E-state index contributed by atoms with van der Waals surface area (Å²) in [5, 5.41) is 2.42. The van der Waals surface area contributed by atoms with E-state index >= 15 is 0 Å². The molecule has 0 amide bonds. The molecular formula is C30H22Cl2N2O. The lowest BCUT2D eigenvalue weighted by molar-refractivity contribution is 0.327. The van der Waals surface area contributed by atoms with Gasteiger partial charge in [-0.2, -0.15) is 0 Å². The van der Waals surface area contributed by atoms with Gasteiger partial charge in [-0.05, 0) is 72.4 Å². The molecule has 5 aromatic rings. The Morgan fingerprint density at radius 1 is 0.771 bits per heavy atom. The monoisotopic (exact) mass is 496 g/mol. The molecule has 1 aliphatic carbocycles. The van der Waals surface area contributed by atoms with Crippen LogP contribution in [0.5, 0.6) is 5.88 Å². The number of nitrogens with zero attached hydrogens (tertiary/aromatic N) is 2. The molecule has 2 heterocycles. The maximum Gasteiger partial charge on any atom is 0.214 e. The van der Waals surface area contributed by atoms with Crippen molar-refractivity contribution in [2.24, 2.45) is 0 Å². The van der Waals surface area contributed by atoms with Crippen LogP contribution in [0.1, 0.15) is 18.2 Å². The summed E-state index contributed by atoms with van der Waals surface area (Å²) in [6.45, 7) is 2.51. The van der Waals surface area contributed by atoms with E-state index in [0.29, 0.717) is 22.5 Å². The van der Waals surface area contributed by atoms with E-state index < -0.39 is 0 Å². The van der Waals surface area contributed by atoms with Crippen LogP contribution in [0.2, 0.25) is 10.0 Å². The number of benzene rings is 3. The zero-order valence-corrected chi connectivity index (χ0v) is 20.7. The minimum absolute atomic E-state index is 0.538. The highest BCUT2D eigenvalue weighted by Gasteiger charge is 2.28. The SMILES string of the molecule is CCOc1cc(-c2ccc(Cl)cc2)c2c(n1)-c1c(nc3ccc(Cl)cc3c1-c1ccccc1)CC2. The Kier molecular flexibility index (Phi) is 5.68. The van der Waals surface area contributed by atoms with Gasteiger partial charge in [0.1, 0.15) is 0 Å². The van der Waals surface area contributed by atoms with Gasteiger partial charge in [0.15, 0.2) is 0 Å². The molecule has 0 unspecified atom stereocenters. The molecule has 0 saturated heterocycles. The van der Waals surface area contributed by atoms with Crippen LogP contribution in [0.15, 0.2) is 78.9 Å². The normalized spacial score (nSPS) is 12.3. The molecule has 0 aliphatic heterocycles. The summed E-state index contributed by atoms with van der Waals surface area (Å²) in [5.74, 6) is 0.606. The van der Waals surface area contributed by atoms with Gasteiger partial charge in [0.25, 0.3) is 0 Å². The fourth-order valence-corrected chi connectivity index (χ4v) is 5.29. The number of pyridine rings is 2. The van der Waals surface area contributed by atoms with Crippen molar-refractivity contribution in [2.75, 3.05) is 6.61 Å². The van der Waals surface area contributed by atoms with Gasteiger partial charge in [-0.3, -0.25) is 4.98 Å². The standard InChI is InChI=1S/C30H22Cl2N2O/c1-2-35-27-17-23(18-8-10-20(31)11-9-18)22-13-15-26-29(30(22)34-27)28(19-6-4-3-5-7-19)24-16-21(32)12-14-25(24)33-26/h3-12,14,16-17H,2,13,15H2,1H3. The summed E-state index contributed by atoms with van der Waals surface area (Å²) in [7, 11) is 0. The van der Waals surface area contributed by atoms with Gasteiger partial charge in [-0.1, -0.05) is 65.7 Å². The number of aryl methyl sites for hydroxylation is 1. The quantitative estimate of drug-likeness (QED) is 0.250. The minimum atomic E-state index is 0.538. The molecule has 0 fully saturated rings. The first-order valence-electron chi connectivity index (χ1n) is 11.7. The van der Waals surface area contributed by atoms with Gasteiger partial charge in [-0.15, -0.1) is 0 Å². The van der Waals surface area contributed by atoms with E-state index in [4.69, 9.17) is 37.9 Å². The highest BCUT2D eigenvalue weighted by Crippen LogP contribution is 2.46. The molecule has 0 bridgehead atoms. The third-order valence-electron chi connectivity index (χ3n) is 6.48. The number of hydrogen-bond acceptors (Lipinski definition) is 3. The highest BCUT2D eigenvalue weighted by molar-refractivity contribution is 6.31. The van der Waals surface area contributed by atoms with E-state index in [2.05, 4.69) is 36.4 Å². The van der Waals surface area contributed by atoms with Crippen molar-refractivity contribution in [3.63, 3.8) is 0 Å². The molecule has 0 atom stereocenters. The lowest BCUT2D eigenvalue weighted by atomic mass is 9.82. The maximum absolute atomic E-state index is 6.47. The van der Waals surface area contributed by atoms with Crippen molar-refractivity contribution in [1.29, 1.82) is 0 Å². The first-order valence-corrected chi connectivity index (χ1v) is 12.5. The van der Waals surface area contributed by atoms with Crippen LogP contribution in [-0.2, 0) is 12.8 Å². The second kappa shape index (κ2) is 8.99. The third-order valence-corrected chi connectivity index (χ3v) is 6.97. The van der Waals surface area contributed by atoms with Gasteiger partial charge in [0.2, 0.25) is 5.88 Å². The van der Waals surface area contributed by atoms with Crippen molar-refractivity contribution in [3.8, 4) is 39.4 Å². The average Bonchev–Trinajstić information content (AvgIpc) is 2.88. The number of rotatable bonds is 4. The topological polar surface area (TPSA) is 35.0 Å². The van der Waals surface area contributed by atoms with Crippen LogP contribution in [0.4, 0.5) is 0 Å². The summed E-state index contributed by atoms with van der Waals surface area (Å²) in [6.07, 6.45) is 1.68. The Hall–Kier alpha value is -3.40. The molecule has 0 saturated carbocycles. The van der Waals surface area contributed by atoms with Gasteiger partial charge in [-0.25, -0.2) is 4.98 Å². The summed E-state index contributed by atoms with van der Waals surface area (Å²) < 4.78 is 5.95. The smallest absolute Gasteiger partial charge is 0.214 e. The van der Waals surface area contributed by atoms with Crippen LogP contribution in [0.3, 0.4) is 0 Å². The van der Waals surface area contributed by atoms with Gasteiger partial charge in [0, 0.05) is 32.6 Å². The average molecular weight is 497 g/mol. The first kappa shape index (κ1) is 22.1. The summed E-state index contributed by atoms with van der Waals surface area (Å²) in [5.41, 5.74) is 9.60. The van der Waals surface area contributed by atoms with Gasteiger partial charge < -0.3 is 4.74 Å². The number of ether oxygens (including phenoxy) is 1. The van der Waals surface area contributed by atoms with Crippen LogP contribution < -0.4 is 4.74 Å². The lowest BCUT2D eigenvalue weighted by Crippen LogP contribution is -2.12. The van der Waals surface area contributed by atoms with Gasteiger partial charge in [0.05, 0.1) is 23.5 Å². The van der Waals surface area contributed by atoms with Crippen molar-refractivity contribution in [1.82, 2.24) is 9.97 Å². The van der Waals surface area contributed by atoms with E-state index in [1.165, 1.54) is 5.56 Å². The van der Waals surface area contributed by atoms with Crippen molar-refractivity contribution in [3.05, 3.63) is 100 Å². The fourth-order valence-electron chi connectivity index (χ4n) is 4.99. The molecule has 3 aromatic carbocycles. The minimum Gasteiger partial charge on any atom is -0.478 e. The van der Waals surface area contributed by atoms with Crippen LogP contribution in [0.25, 0.3) is 44.4 Å². The Bertz CT molecular complexity index is 1560. The molecule has 172 valence electrons. The molecule has 0 spiro atoms. The predicted molar refractivity (Wildman–Crippen MR) is 144 cm³/mol. The number of fused-ring (bicyclic) bond motifs is 4. The highest BCUT2D eigenvalue weighted by atomic mass is 35.5. The van der Waals surface area contributed by atoms with Crippen molar-refractivity contribution in [2.45, 2.75) is 19.8 Å². The number of halogens is 2. The molecule has 0 radical (unpaired) electrons. The van der Waals surface area contributed by atoms with Gasteiger partial charge >= 0.3 is 0 Å². The molecule has 3 nitrogen and oxygen atoms in total. The molecule has 35 heavy (non-hydrogen) atoms. The summed E-state index contributed by atoms with van der Waals surface area (Å²) >= 11 is 12.7. The largest absolute Gasteiger partial charge is 0.478 e. The predicted octanol–water partition coefficient (Wildman–Crippen LogP) is 8.43. The van der Waals surface area contributed by atoms with E-state index in [9.17, 15) is 0 Å². The molecule has 2 aromatic heterocycles. The number of hydrogen-bond donors (Lipinski definition) is 0. The van der Waals surface area contributed by atoms with Crippen molar-refractivity contribution < 1.29 is 4.74 Å². The molecule has 6 rings (SSSR count). The lowest BCUT2D eigenvalue weighted by Gasteiger charge is -2.26. The molecule has 0 N–H and O–H groups in total. The Labute approximate surface area is 214 Å². The second-order valence-electron chi connectivity index (χ2n) is 8.61. The maximum atomic E-state index is 6.47. The van der Waals surface area contributed by atoms with Crippen LogP contribution >= 0.6 is 23.2 Å². The Morgan fingerprint density at radius 2 is 1.54 bits per heavy atom. The zero-order valence-electron chi connectivity index (χ0n) is 19.2. The Balaban J connectivity index is 1.71. The summed E-state index contributed by atoms with van der Waals surface area (Å²) in [6, 6.07) is 26.3.